The normalized spacial score (nSPS) is 14.4. The molecule has 5 rings (SSSR count). The largest absolute Gasteiger partial charge is 0.417 e. The minimum absolute atomic E-state index is 0.148. The molecular weight excluding hydrogens is 498 g/mol. The average Bonchev–Trinajstić information content (AvgIpc) is 3.10. The number of anilines is 3. The van der Waals surface area contributed by atoms with E-state index in [9.17, 15) is 27.2 Å². The zero-order chi connectivity index (χ0) is 27.2. The summed E-state index contributed by atoms with van der Waals surface area (Å²) < 4.78 is 54.9. The fourth-order valence-electron chi connectivity index (χ4n) is 4.75. The first-order valence-corrected chi connectivity index (χ1v) is 11.6. The maximum absolute atomic E-state index is 13.9. The van der Waals surface area contributed by atoms with Gasteiger partial charge in [0.2, 0.25) is 5.91 Å². The summed E-state index contributed by atoms with van der Waals surface area (Å²) in [5.74, 6) is -1.74. The number of benzene rings is 3. The molecule has 5 nitrogen and oxygen atoms in total. The van der Waals surface area contributed by atoms with E-state index in [2.05, 4.69) is 10.3 Å². The highest BCUT2D eigenvalue weighted by molar-refractivity contribution is 6.14. The van der Waals surface area contributed by atoms with Crippen LogP contribution < -0.4 is 10.2 Å². The third-order valence-electron chi connectivity index (χ3n) is 6.55. The predicted molar refractivity (Wildman–Crippen MR) is 136 cm³/mol. The molecule has 0 unspecified atom stereocenters. The predicted octanol–water partition coefficient (Wildman–Crippen LogP) is 7.11. The second kappa shape index (κ2) is 9.09. The number of nitrogens with one attached hydrogen (secondary N) is 1. The molecule has 0 bridgehead atoms. The molecule has 0 atom stereocenters. The lowest BCUT2D eigenvalue weighted by Crippen LogP contribution is -2.33. The molecule has 192 valence electrons. The van der Waals surface area contributed by atoms with E-state index in [1.165, 1.54) is 24.3 Å². The Bertz CT molecular complexity index is 1550. The molecule has 1 aliphatic rings. The van der Waals surface area contributed by atoms with Crippen molar-refractivity contribution in [2.45, 2.75) is 25.4 Å². The van der Waals surface area contributed by atoms with Crippen molar-refractivity contribution in [3.8, 4) is 11.1 Å². The number of halogens is 4. The molecule has 3 aromatic carbocycles. The van der Waals surface area contributed by atoms with Crippen LogP contribution >= 0.6 is 0 Å². The van der Waals surface area contributed by atoms with Crippen molar-refractivity contribution < 1.29 is 27.2 Å². The first-order valence-electron chi connectivity index (χ1n) is 11.6. The molecule has 2 heterocycles. The molecule has 38 heavy (non-hydrogen) atoms. The van der Waals surface area contributed by atoms with E-state index in [0.29, 0.717) is 28.1 Å². The molecule has 9 heteroatoms. The number of pyridine rings is 1. The van der Waals surface area contributed by atoms with E-state index in [1.54, 1.807) is 61.5 Å². The Labute approximate surface area is 215 Å². The average molecular weight is 519 g/mol. The van der Waals surface area contributed by atoms with Crippen molar-refractivity contribution in [1.82, 2.24) is 4.98 Å². The molecule has 4 aromatic rings. The Morgan fingerprint density at radius 2 is 1.63 bits per heavy atom. The quantitative estimate of drug-likeness (QED) is 0.292. The second-order valence-corrected chi connectivity index (χ2v) is 9.39. The van der Waals surface area contributed by atoms with Crippen molar-refractivity contribution in [1.29, 1.82) is 0 Å². The summed E-state index contributed by atoms with van der Waals surface area (Å²) >= 11 is 0. The SMILES string of the molecule is CC1(C)C(=O)N(c2ccncc2)c2cccc(-c3ccc(C(F)(F)F)c(C(=O)Nc4ccc(F)cc4)c3)c21. The van der Waals surface area contributed by atoms with Crippen molar-refractivity contribution in [3.05, 3.63) is 108 Å². The lowest BCUT2D eigenvalue weighted by atomic mass is 9.81. The summed E-state index contributed by atoms with van der Waals surface area (Å²) in [5, 5.41) is 2.41. The summed E-state index contributed by atoms with van der Waals surface area (Å²) in [6, 6.07) is 16.6. The lowest BCUT2D eigenvalue weighted by molar-refractivity contribution is -0.137. The molecule has 1 N–H and O–H groups in total. The fourth-order valence-corrected chi connectivity index (χ4v) is 4.75. The summed E-state index contributed by atoms with van der Waals surface area (Å²) in [5.41, 5.74) is 0.156. The number of amides is 2. The van der Waals surface area contributed by atoms with E-state index in [4.69, 9.17) is 0 Å². The van der Waals surface area contributed by atoms with Gasteiger partial charge in [-0.25, -0.2) is 4.39 Å². The van der Waals surface area contributed by atoms with Crippen LogP contribution in [0, 0.1) is 5.82 Å². The van der Waals surface area contributed by atoms with Crippen LogP contribution in [0.3, 0.4) is 0 Å². The van der Waals surface area contributed by atoms with Crippen LogP contribution in [0.4, 0.5) is 34.6 Å². The minimum atomic E-state index is -4.79. The van der Waals surface area contributed by atoms with Crippen molar-refractivity contribution >= 4 is 28.9 Å². The third-order valence-corrected chi connectivity index (χ3v) is 6.55. The first kappa shape index (κ1) is 25.1. The molecule has 0 saturated heterocycles. The molecule has 0 fully saturated rings. The Hall–Kier alpha value is -4.53. The van der Waals surface area contributed by atoms with Gasteiger partial charge in [0.25, 0.3) is 5.91 Å². The number of carbonyl (C=O) groups excluding carboxylic acids is 2. The maximum atomic E-state index is 13.9. The van der Waals surface area contributed by atoms with Gasteiger partial charge in [0.1, 0.15) is 5.82 Å². The van der Waals surface area contributed by atoms with Crippen LogP contribution in [0.25, 0.3) is 11.1 Å². The number of alkyl halides is 3. The van der Waals surface area contributed by atoms with Gasteiger partial charge in [0, 0.05) is 18.1 Å². The lowest BCUT2D eigenvalue weighted by Gasteiger charge is -2.21. The smallest absolute Gasteiger partial charge is 0.322 e. The maximum Gasteiger partial charge on any atom is 0.417 e. The van der Waals surface area contributed by atoms with Crippen molar-refractivity contribution in [2.24, 2.45) is 0 Å². The first-order chi connectivity index (χ1) is 18.0. The zero-order valence-corrected chi connectivity index (χ0v) is 20.3. The van der Waals surface area contributed by atoms with Crippen LogP contribution in [0.2, 0.25) is 0 Å². The van der Waals surface area contributed by atoms with Gasteiger partial charge in [-0.1, -0.05) is 18.2 Å². The molecule has 2 amide bonds. The van der Waals surface area contributed by atoms with Crippen LogP contribution in [-0.4, -0.2) is 16.8 Å². The monoisotopic (exact) mass is 519 g/mol. The van der Waals surface area contributed by atoms with E-state index in [0.717, 1.165) is 18.2 Å². The Kier molecular flexibility index (Phi) is 6.01. The van der Waals surface area contributed by atoms with E-state index in [1.807, 2.05) is 0 Å². The van der Waals surface area contributed by atoms with Gasteiger partial charge in [-0.15, -0.1) is 0 Å². The standard InChI is InChI=1S/C29H21F4N3O2/c1-28(2)25-21(4-3-5-24(25)36(27(28)38)20-12-14-34-15-13-20)17-6-11-23(29(31,32)33)22(16-17)26(37)35-19-9-7-18(30)8-10-19/h3-16H,1-2H3,(H,35,37). The van der Waals surface area contributed by atoms with E-state index in [-0.39, 0.29) is 11.6 Å². The second-order valence-electron chi connectivity index (χ2n) is 9.39. The molecular formula is C29H21F4N3O2. The van der Waals surface area contributed by atoms with Crippen LogP contribution in [0.1, 0.15) is 35.3 Å². The highest BCUT2D eigenvalue weighted by Crippen LogP contribution is 2.49. The number of fused-ring (bicyclic) bond motifs is 1. The van der Waals surface area contributed by atoms with Gasteiger partial charge in [0.05, 0.1) is 27.9 Å². The molecule has 0 spiro atoms. The van der Waals surface area contributed by atoms with Crippen LogP contribution in [0.5, 0.6) is 0 Å². The zero-order valence-electron chi connectivity index (χ0n) is 20.3. The van der Waals surface area contributed by atoms with Gasteiger partial charge in [0.15, 0.2) is 0 Å². The third kappa shape index (κ3) is 4.30. The minimum Gasteiger partial charge on any atom is -0.322 e. The highest BCUT2D eigenvalue weighted by atomic mass is 19.4. The topological polar surface area (TPSA) is 62.3 Å². The van der Waals surface area contributed by atoms with Gasteiger partial charge in [-0.2, -0.15) is 13.2 Å². The molecule has 1 aromatic heterocycles. The highest BCUT2D eigenvalue weighted by Gasteiger charge is 2.46. The Morgan fingerprint density at radius 3 is 2.29 bits per heavy atom. The number of hydrogen-bond acceptors (Lipinski definition) is 3. The van der Waals surface area contributed by atoms with E-state index < -0.39 is 34.4 Å². The number of carbonyl (C=O) groups is 2. The number of hydrogen-bond donors (Lipinski definition) is 1. The van der Waals surface area contributed by atoms with Crippen LogP contribution in [0.15, 0.2) is 85.2 Å². The summed E-state index contributed by atoms with van der Waals surface area (Å²) in [6.45, 7) is 3.51. The molecule has 1 aliphatic heterocycles. The summed E-state index contributed by atoms with van der Waals surface area (Å²) in [6.07, 6.45) is -1.65. The Balaban J connectivity index is 1.64. The van der Waals surface area contributed by atoms with Gasteiger partial charge in [-0.05, 0) is 85.1 Å². The van der Waals surface area contributed by atoms with E-state index >= 15 is 0 Å². The summed E-state index contributed by atoms with van der Waals surface area (Å²) in [4.78, 5) is 32.1. The molecule has 0 radical (unpaired) electrons. The van der Waals surface area contributed by atoms with Crippen molar-refractivity contribution in [3.63, 3.8) is 0 Å². The summed E-state index contributed by atoms with van der Waals surface area (Å²) in [7, 11) is 0. The molecule has 0 aliphatic carbocycles. The van der Waals surface area contributed by atoms with Crippen molar-refractivity contribution in [2.75, 3.05) is 10.2 Å². The fraction of sp³-hybridized carbons (Fsp3) is 0.138. The van der Waals surface area contributed by atoms with Gasteiger partial charge in [-0.3, -0.25) is 19.5 Å². The van der Waals surface area contributed by atoms with Gasteiger partial charge < -0.3 is 5.32 Å². The number of nitrogens with zero attached hydrogens (tertiary/aromatic N) is 2. The van der Waals surface area contributed by atoms with Crippen LogP contribution in [-0.2, 0) is 16.4 Å². The molecule has 0 saturated carbocycles. The number of aromatic nitrogens is 1. The van der Waals surface area contributed by atoms with Gasteiger partial charge >= 0.3 is 6.18 Å². The Morgan fingerprint density at radius 1 is 0.947 bits per heavy atom. The number of rotatable bonds is 4.